The Labute approximate surface area is 146 Å². The Morgan fingerprint density at radius 2 is 1.84 bits per heavy atom. The molecule has 25 heavy (non-hydrogen) atoms. The number of aryl methyl sites for hydroxylation is 2. The van der Waals surface area contributed by atoms with Crippen LogP contribution in [0.15, 0.2) is 42.5 Å². The highest BCUT2D eigenvalue weighted by molar-refractivity contribution is 6.03. The molecule has 0 N–H and O–H groups in total. The van der Waals surface area contributed by atoms with Crippen LogP contribution in [0.25, 0.3) is 0 Å². The van der Waals surface area contributed by atoms with E-state index in [1.54, 1.807) is 17.9 Å². The molecule has 1 saturated heterocycles. The minimum absolute atomic E-state index is 0.126. The first-order valence-corrected chi connectivity index (χ1v) is 8.33. The molecule has 0 radical (unpaired) electrons. The molecule has 2 aromatic rings. The second-order valence-electron chi connectivity index (χ2n) is 6.44. The normalized spacial score (nSPS) is 17.8. The molecule has 1 fully saturated rings. The van der Waals surface area contributed by atoms with Crippen molar-refractivity contribution in [2.24, 2.45) is 0 Å². The first-order valence-electron chi connectivity index (χ1n) is 8.33. The summed E-state index contributed by atoms with van der Waals surface area (Å²) in [4.78, 5) is 28.7. The Morgan fingerprint density at radius 3 is 2.52 bits per heavy atom. The van der Waals surface area contributed by atoms with Crippen molar-refractivity contribution in [2.45, 2.75) is 26.8 Å². The van der Waals surface area contributed by atoms with Gasteiger partial charge in [-0.05, 0) is 62.2 Å². The zero-order chi connectivity index (χ0) is 18.1. The summed E-state index contributed by atoms with van der Waals surface area (Å²) in [5.41, 5.74) is 3.40. The quantitative estimate of drug-likeness (QED) is 0.841. The first-order chi connectivity index (χ1) is 11.9. The van der Waals surface area contributed by atoms with Gasteiger partial charge in [0.25, 0.3) is 5.91 Å². The molecular formula is C20H21FN2O2. The molecule has 0 aromatic heterocycles. The van der Waals surface area contributed by atoms with Crippen LogP contribution in [0, 0.1) is 19.7 Å². The van der Waals surface area contributed by atoms with Crippen molar-refractivity contribution in [3.05, 3.63) is 65.0 Å². The lowest BCUT2D eigenvalue weighted by Gasteiger charge is -2.39. The number of piperazine rings is 1. The summed E-state index contributed by atoms with van der Waals surface area (Å²) in [5.74, 6) is -0.905. The summed E-state index contributed by atoms with van der Waals surface area (Å²) >= 11 is 0. The van der Waals surface area contributed by atoms with Gasteiger partial charge in [-0.2, -0.15) is 0 Å². The Hall–Kier alpha value is -2.69. The van der Waals surface area contributed by atoms with E-state index in [-0.39, 0.29) is 17.4 Å². The molecule has 0 spiro atoms. The molecule has 0 aliphatic carbocycles. The van der Waals surface area contributed by atoms with Crippen molar-refractivity contribution in [1.29, 1.82) is 0 Å². The number of halogens is 1. The molecule has 1 heterocycles. The van der Waals surface area contributed by atoms with Crippen molar-refractivity contribution in [3.8, 4) is 0 Å². The standard InChI is InChI=1S/C20H21FN2O2/c1-13-7-8-18(11-14(13)2)23-10-9-22(15(3)19(23)24)20(25)16-5-4-6-17(21)12-16/h4-8,11-12,15H,9-10H2,1-3H3/t15-/m0/s1. The third-order valence-electron chi connectivity index (χ3n) is 4.79. The molecule has 4 nitrogen and oxygen atoms in total. The molecule has 1 aliphatic rings. The van der Waals surface area contributed by atoms with E-state index in [1.165, 1.54) is 28.7 Å². The Bertz CT molecular complexity index is 834. The van der Waals surface area contributed by atoms with Crippen molar-refractivity contribution in [2.75, 3.05) is 18.0 Å². The molecule has 0 saturated carbocycles. The van der Waals surface area contributed by atoms with Crippen LogP contribution in [0.3, 0.4) is 0 Å². The van der Waals surface area contributed by atoms with Gasteiger partial charge in [0, 0.05) is 24.3 Å². The molecule has 1 atom stereocenters. The van der Waals surface area contributed by atoms with Gasteiger partial charge in [0.15, 0.2) is 0 Å². The number of anilines is 1. The number of carbonyl (C=O) groups is 2. The second kappa shape index (κ2) is 6.67. The maximum absolute atomic E-state index is 13.4. The van der Waals surface area contributed by atoms with Crippen LogP contribution in [-0.2, 0) is 4.79 Å². The molecule has 1 aliphatic heterocycles. The first kappa shape index (κ1) is 17.1. The number of rotatable bonds is 2. The summed E-state index contributed by atoms with van der Waals surface area (Å²) in [6.07, 6.45) is 0. The van der Waals surface area contributed by atoms with Crippen LogP contribution in [0.4, 0.5) is 10.1 Å². The monoisotopic (exact) mass is 340 g/mol. The smallest absolute Gasteiger partial charge is 0.254 e. The molecule has 5 heteroatoms. The van der Waals surface area contributed by atoms with Crippen LogP contribution in [0.1, 0.15) is 28.4 Å². The predicted molar refractivity (Wildman–Crippen MR) is 95.2 cm³/mol. The number of hydrogen-bond acceptors (Lipinski definition) is 2. The number of nitrogens with zero attached hydrogens (tertiary/aromatic N) is 2. The molecule has 3 rings (SSSR count). The number of carbonyl (C=O) groups excluding carboxylic acids is 2. The maximum atomic E-state index is 13.4. The minimum atomic E-state index is -0.592. The fourth-order valence-corrected chi connectivity index (χ4v) is 3.09. The van der Waals surface area contributed by atoms with E-state index in [4.69, 9.17) is 0 Å². The molecular weight excluding hydrogens is 319 g/mol. The summed E-state index contributed by atoms with van der Waals surface area (Å²) in [7, 11) is 0. The lowest BCUT2D eigenvalue weighted by molar-refractivity contribution is -0.124. The van der Waals surface area contributed by atoms with Gasteiger partial charge in [0.2, 0.25) is 5.91 Å². The van der Waals surface area contributed by atoms with E-state index in [0.717, 1.165) is 11.3 Å². The Balaban J connectivity index is 1.81. The lowest BCUT2D eigenvalue weighted by atomic mass is 10.1. The zero-order valence-corrected chi connectivity index (χ0v) is 14.6. The molecule has 130 valence electrons. The number of hydrogen-bond donors (Lipinski definition) is 0. The second-order valence-corrected chi connectivity index (χ2v) is 6.44. The largest absolute Gasteiger partial charge is 0.325 e. The van der Waals surface area contributed by atoms with E-state index in [2.05, 4.69) is 0 Å². The molecule has 0 bridgehead atoms. The third kappa shape index (κ3) is 3.27. The van der Waals surface area contributed by atoms with Gasteiger partial charge in [-0.25, -0.2) is 4.39 Å². The summed E-state index contributed by atoms with van der Waals surface area (Å²) in [5, 5.41) is 0. The number of amides is 2. The SMILES string of the molecule is Cc1ccc(N2CCN(C(=O)c3cccc(F)c3)[C@@H](C)C2=O)cc1C. The van der Waals surface area contributed by atoms with Crippen molar-refractivity contribution < 1.29 is 14.0 Å². The van der Waals surface area contributed by atoms with Gasteiger partial charge in [-0.15, -0.1) is 0 Å². The van der Waals surface area contributed by atoms with E-state index >= 15 is 0 Å². The van der Waals surface area contributed by atoms with Gasteiger partial charge >= 0.3 is 0 Å². The predicted octanol–water partition coefficient (Wildman–Crippen LogP) is 3.32. The Kier molecular flexibility index (Phi) is 4.57. The van der Waals surface area contributed by atoms with Gasteiger partial charge in [0.05, 0.1) is 0 Å². The van der Waals surface area contributed by atoms with Crippen LogP contribution in [-0.4, -0.2) is 35.8 Å². The molecule has 2 aromatic carbocycles. The van der Waals surface area contributed by atoms with Crippen LogP contribution >= 0.6 is 0 Å². The highest BCUT2D eigenvalue weighted by Gasteiger charge is 2.35. The lowest BCUT2D eigenvalue weighted by Crippen LogP contribution is -2.57. The van der Waals surface area contributed by atoms with Crippen LogP contribution in [0.5, 0.6) is 0 Å². The third-order valence-corrected chi connectivity index (χ3v) is 4.79. The van der Waals surface area contributed by atoms with Crippen LogP contribution < -0.4 is 4.90 Å². The Morgan fingerprint density at radius 1 is 1.08 bits per heavy atom. The van der Waals surface area contributed by atoms with Crippen molar-refractivity contribution in [3.63, 3.8) is 0 Å². The minimum Gasteiger partial charge on any atom is -0.325 e. The van der Waals surface area contributed by atoms with Gasteiger partial charge in [-0.3, -0.25) is 9.59 Å². The van der Waals surface area contributed by atoms with E-state index < -0.39 is 11.9 Å². The van der Waals surface area contributed by atoms with Crippen molar-refractivity contribution in [1.82, 2.24) is 4.90 Å². The van der Waals surface area contributed by atoms with Crippen LogP contribution in [0.2, 0.25) is 0 Å². The summed E-state index contributed by atoms with van der Waals surface area (Å²) in [6, 6.07) is 10.9. The average Bonchev–Trinajstić information content (AvgIpc) is 2.59. The fourth-order valence-electron chi connectivity index (χ4n) is 3.09. The maximum Gasteiger partial charge on any atom is 0.254 e. The number of benzene rings is 2. The highest BCUT2D eigenvalue weighted by Crippen LogP contribution is 2.24. The van der Waals surface area contributed by atoms with E-state index in [9.17, 15) is 14.0 Å². The van der Waals surface area contributed by atoms with Gasteiger partial charge in [-0.1, -0.05) is 12.1 Å². The highest BCUT2D eigenvalue weighted by atomic mass is 19.1. The van der Waals surface area contributed by atoms with Gasteiger partial charge in [0.1, 0.15) is 11.9 Å². The van der Waals surface area contributed by atoms with Crippen molar-refractivity contribution >= 4 is 17.5 Å². The molecule has 2 amide bonds. The van der Waals surface area contributed by atoms with Gasteiger partial charge < -0.3 is 9.80 Å². The average molecular weight is 340 g/mol. The van der Waals surface area contributed by atoms with E-state index in [1.807, 2.05) is 32.0 Å². The topological polar surface area (TPSA) is 40.6 Å². The fraction of sp³-hybridized carbons (Fsp3) is 0.300. The summed E-state index contributed by atoms with van der Waals surface area (Å²) < 4.78 is 13.4. The molecule has 0 unspecified atom stereocenters. The van der Waals surface area contributed by atoms with E-state index in [0.29, 0.717) is 13.1 Å². The summed E-state index contributed by atoms with van der Waals surface area (Å²) in [6.45, 7) is 6.59. The zero-order valence-electron chi connectivity index (χ0n) is 14.6.